The molecule has 0 aromatic heterocycles. The van der Waals surface area contributed by atoms with E-state index in [1.807, 2.05) is 30.3 Å². The molecule has 2 aliphatic heterocycles. The monoisotopic (exact) mass is 386 g/mol. The lowest BCUT2D eigenvalue weighted by molar-refractivity contribution is -0.369. The number of rotatable bonds is 4. The average molecular weight is 386 g/mol. The zero-order chi connectivity index (χ0) is 19.3. The van der Waals surface area contributed by atoms with Gasteiger partial charge in [0.15, 0.2) is 12.6 Å². The van der Waals surface area contributed by atoms with Crippen LogP contribution in [0.3, 0.4) is 0 Å². The van der Waals surface area contributed by atoms with E-state index in [4.69, 9.17) is 23.7 Å². The highest BCUT2D eigenvalue weighted by atomic mass is 16.7. The van der Waals surface area contributed by atoms with Crippen molar-refractivity contribution in [2.75, 3.05) is 20.3 Å². The zero-order valence-corrected chi connectivity index (χ0v) is 16.2. The molecule has 0 spiro atoms. The molecule has 0 amide bonds. The molecular formula is C22H26O6. The van der Waals surface area contributed by atoms with Crippen LogP contribution in [0.5, 0.6) is 0 Å². The van der Waals surface area contributed by atoms with E-state index < -0.39 is 6.29 Å². The van der Waals surface area contributed by atoms with Crippen molar-refractivity contribution in [1.82, 2.24) is 0 Å². The molecular weight excluding hydrogens is 360 g/mol. The highest BCUT2D eigenvalue weighted by Crippen LogP contribution is 2.64. The largest absolute Gasteiger partial charge is 0.465 e. The standard InChI is InChI=1S/C22H26O6/c1-13(23)26-12-22-16-9-8-15(10-16)18(22)21(24-2)27-17-11-25-20(28-19(17)22)14-6-4-3-5-7-14/h3-9,15-21H,10-12H2,1-2H3/t15-,16+,17+,18+,19+,20+,21-,22-/m0/s1. The van der Waals surface area contributed by atoms with Crippen LogP contribution in [0, 0.1) is 23.2 Å². The second kappa shape index (κ2) is 6.95. The summed E-state index contributed by atoms with van der Waals surface area (Å²) in [6.07, 6.45) is 4.21. The van der Waals surface area contributed by atoms with Crippen molar-refractivity contribution in [3.05, 3.63) is 48.0 Å². The van der Waals surface area contributed by atoms with Crippen LogP contribution in [0.4, 0.5) is 0 Å². The molecule has 3 fully saturated rings. The summed E-state index contributed by atoms with van der Waals surface area (Å²) in [7, 11) is 1.68. The molecule has 1 aromatic carbocycles. The maximum absolute atomic E-state index is 11.7. The molecule has 0 N–H and O–H groups in total. The van der Waals surface area contributed by atoms with E-state index in [2.05, 4.69) is 12.2 Å². The third-order valence-corrected chi connectivity index (χ3v) is 6.87. The Morgan fingerprint density at radius 2 is 2.04 bits per heavy atom. The van der Waals surface area contributed by atoms with Crippen molar-refractivity contribution in [2.45, 2.75) is 38.1 Å². The molecule has 28 heavy (non-hydrogen) atoms. The second-order valence-corrected chi connectivity index (χ2v) is 8.22. The lowest BCUT2D eigenvalue weighted by atomic mass is 9.62. The van der Waals surface area contributed by atoms with Crippen molar-refractivity contribution >= 4 is 5.97 Å². The van der Waals surface area contributed by atoms with Crippen LogP contribution in [-0.2, 0) is 28.5 Å². The van der Waals surface area contributed by atoms with Crippen LogP contribution >= 0.6 is 0 Å². The number of hydrogen-bond acceptors (Lipinski definition) is 6. The minimum atomic E-state index is -0.455. The van der Waals surface area contributed by atoms with Gasteiger partial charge in [-0.25, -0.2) is 0 Å². The maximum Gasteiger partial charge on any atom is 0.302 e. The van der Waals surface area contributed by atoms with E-state index in [0.717, 1.165) is 12.0 Å². The van der Waals surface area contributed by atoms with Crippen LogP contribution in [0.2, 0.25) is 0 Å². The van der Waals surface area contributed by atoms with Gasteiger partial charge < -0.3 is 23.7 Å². The van der Waals surface area contributed by atoms with Gasteiger partial charge in [0.25, 0.3) is 0 Å². The minimum absolute atomic E-state index is 0.0858. The van der Waals surface area contributed by atoms with Gasteiger partial charge in [0.2, 0.25) is 0 Å². The Labute approximate surface area is 164 Å². The number of carbonyl (C=O) groups excluding carboxylic acids is 1. The molecule has 1 saturated carbocycles. The molecule has 6 nitrogen and oxygen atoms in total. The van der Waals surface area contributed by atoms with Crippen molar-refractivity contribution < 1.29 is 28.5 Å². The molecule has 6 heteroatoms. The molecule has 150 valence electrons. The second-order valence-electron chi connectivity index (χ2n) is 8.22. The first-order chi connectivity index (χ1) is 13.6. The first-order valence-electron chi connectivity index (χ1n) is 9.95. The predicted octanol–water partition coefficient (Wildman–Crippen LogP) is 2.84. The summed E-state index contributed by atoms with van der Waals surface area (Å²) in [5.41, 5.74) is 0.610. The number of hydrogen-bond donors (Lipinski definition) is 0. The number of methoxy groups -OCH3 is 1. The summed E-state index contributed by atoms with van der Waals surface area (Å²) in [5, 5.41) is 0. The van der Waals surface area contributed by atoms with Crippen molar-refractivity contribution in [1.29, 1.82) is 0 Å². The van der Waals surface area contributed by atoms with E-state index in [1.165, 1.54) is 6.92 Å². The van der Waals surface area contributed by atoms with Gasteiger partial charge in [0, 0.05) is 30.9 Å². The molecule has 5 rings (SSSR count). The van der Waals surface area contributed by atoms with Gasteiger partial charge in [-0.1, -0.05) is 42.5 Å². The van der Waals surface area contributed by atoms with Crippen LogP contribution in [0.1, 0.15) is 25.2 Å². The van der Waals surface area contributed by atoms with E-state index in [0.29, 0.717) is 19.1 Å². The summed E-state index contributed by atoms with van der Waals surface area (Å²) >= 11 is 0. The van der Waals surface area contributed by atoms with E-state index in [9.17, 15) is 4.79 Å². The summed E-state index contributed by atoms with van der Waals surface area (Å²) in [4.78, 5) is 11.7. The van der Waals surface area contributed by atoms with Crippen molar-refractivity contribution in [2.24, 2.45) is 23.2 Å². The van der Waals surface area contributed by atoms with E-state index >= 15 is 0 Å². The maximum atomic E-state index is 11.7. The smallest absolute Gasteiger partial charge is 0.302 e. The molecule has 4 aliphatic rings. The Bertz CT molecular complexity index is 764. The molecule has 1 aromatic rings. The third-order valence-electron chi connectivity index (χ3n) is 6.87. The third kappa shape index (κ3) is 2.66. The number of benzene rings is 1. The highest BCUT2D eigenvalue weighted by molar-refractivity contribution is 5.66. The van der Waals surface area contributed by atoms with Gasteiger partial charge in [0.1, 0.15) is 12.7 Å². The fraction of sp³-hybridized carbons (Fsp3) is 0.591. The van der Waals surface area contributed by atoms with Gasteiger partial charge in [-0.3, -0.25) is 4.79 Å². The molecule has 2 bridgehead atoms. The molecule has 0 unspecified atom stereocenters. The van der Waals surface area contributed by atoms with Crippen molar-refractivity contribution in [3.63, 3.8) is 0 Å². The Morgan fingerprint density at radius 1 is 1.21 bits per heavy atom. The van der Waals surface area contributed by atoms with Crippen LogP contribution in [-0.4, -0.2) is 44.8 Å². The topological polar surface area (TPSA) is 63.2 Å². The lowest BCUT2D eigenvalue weighted by Crippen LogP contribution is -2.66. The van der Waals surface area contributed by atoms with Gasteiger partial charge in [-0.2, -0.15) is 0 Å². The predicted molar refractivity (Wildman–Crippen MR) is 99.0 cm³/mol. The fourth-order valence-electron chi connectivity index (χ4n) is 5.76. The zero-order valence-electron chi connectivity index (χ0n) is 16.2. The SMILES string of the molecule is CO[C@H]1O[C@@H]2CO[C@@H](c3ccccc3)O[C@H]2[C@]2(COC(C)=O)[C@@H]1[C@H]1C=C[C@@H]2C1. The van der Waals surface area contributed by atoms with E-state index in [-0.39, 0.29) is 41.7 Å². The Morgan fingerprint density at radius 3 is 2.79 bits per heavy atom. The quantitative estimate of drug-likeness (QED) is 0.586. The normalized spacial score (nSPS) is 43.4. The number of allylic oxidation sites excluding steroid dienone is 2. The average Bonchev–Trinajstić information content (AvgIpc) is 3.33. The Balaban J connectivity index is 1.53. The van der Waals surface area contributed by atoms with Gasteiger partial charge >= 0.3 is 5.97 Å². The molecule has 8 atom stereocenters. The summed E-state index contributed by atoms with van der Waals surface area (Å²) in [6, 6.07) is 9.93. The Hall–Kier alpha value is -1.73. The van der Waals surface area contributed by atoms with Gasteiger partial charge in [-0.15, -0.1) is 0 Å². The first-order valence-corrected chi connectivity index (χ1v) is 9.95. The lowest BCUT2D eigenvalue weighted by Gasteiger charge is -2.56. The number of ether oxygens (including phenoxy) is 5. The molecule has 2 heterocycles. The number of esters is 1. The van der Waals surface area contributed by atoms with Gasteiger partial charge in [-0.05, 0) is 18.3 Å². The van der Waals surface area contributed by atoms with E-state index in [1.54, 1.807) is 7.11 Å². The fourth-order valence-corrected chi connectivity index (χ4v) is 5.76. The molecule has 2 aliphatic carbocycles. The molecule has 2 saturated heterocycles. The van der Waals surface area contributed by atoms with Crippen LogP contribution < -0.4 is 0 Å². The first kappa shape index (κ1) is 18.3. The van der Waals surface area contributed by atoms with Crippen LogP contribution in [0.15, 0.2) is 42.5 Å². The highest BCUT2D eigenvalue weighted by Gasteiger charge is 2.69. The summed E-state index contributed by atoms with van der Waals surface area (Å²) in [6.45, 7) is 2.18. The van der Waals surface area contributed by atoms with Crippen molar-refractivity contribution in [3.8, 4) is 0 Å². The molecule has 0 radical (unpaired) electrons. The van der Waals surface area contributed by atoms with Gasteiger partial charge in [0.05, 0.1) is 12.7 Å². The number of fused-ring (bicyclic) bond motifs is 7. The summed E-state index contributed by atoms with van der Waals surface area (Å²) < 4.78 is 30.2. The number of carbonyl (C=O) groups is 1. The minimum Gasteiger partial charge on any atom is -0.465 e. The Kier molecular flexibility index (Phi) is 4.55. The van der Waals surface area contributed by atoms with Crippen LogP contribution in [0.25, 0.3) is 0 Å². The summed E-state index contributed by atoms with van der Waals surface area (Å²) in [5.74, 6) is 0.421.